The maximum atomic E-state index is 8.97. The van der Waals surface area contributed by atoms with Crippen molar-refractivity contribution in [2.24, 2.45) is 5.92 Å². The minimum atomic E-state index is 0.677. The van der Waals surface area contributed by atoms with Gasteiger partial charge in [0.2, 0.25) is 0 Å². The number of anilines is 1. The summed E-state index contributed by atoms with van der Waals surface area (Å²) in [5, 5.41) is 12.3. The lowest BCUT2D eigenvalue weighted by molar-refractivity contribution is 0.415. The van der Waals surface area contributed by atoms with Gasteiger partial charge in [-0.15, -0.1) is 0 Å². The van der Waals surface area contributed by atoms with Gasteiger partial charge in [-0.2, -0.15) is 5.26 Å². The van der Waals surface area contributed by atoms with Gasteiger partial charge in [0.15, 0.2) is 0 Å². The van der Waals surface area contributed by atoms with Crippen molar-refractivity contribution in [1.82, 2.24) is 0 Å². The topological polar surface area (TPSA) is 45.0 Å². The van der Waals surface area contributed by atoms with Crippen LogP contribution in [0.15, 0.2) is 18.2 Å². The summed E-state index contributed by atoms with van der Waals surface area (Å²) in [6.07, 6.45) is 3.93. The summed E-state index contributed by atoms with van der Waals surface area (Å²) in [5.41, 5.74) is 1.55. The quantitative estimate of drug-likeness (QED) is 0.823. The zero-order valence-corrected chi connectivity index (χ0v) is 9.49. The van der Waals surface area contributed by atoms with E-state index in [4.69, 9.17) is 10.00 Å². The van der Waals surface area contributed by atoms with Crippen LogP contribution in [0.2, 0.25) is 0 Å². The van der Waals surface area contributed by atoms with Gasteiger partial charge >= 0.3 is 0 Å². The summed E-state index contributed by atoms with van der Waals surface area (Å²) in [6.45, 7) is 0.937. The molecule has 16 heavy (non-hydrogen) atoms. The molecule has 0 saturated heterocycles. The van der Waals surface area contributed by atoms with Crippen LogP contribution in [0.3, 0.4) is 0 Å². The number of nitriles is 1. The zero-order chi connectivity index (χ0) is 11.4. The maximum Gasteiger partial charge on any atom is 0.121 e. The van der Waals surface area contributed by atoms with Crippen LogP contribution >= 0.6 is 0 Å². The Morgan fingerprint density at radius 3 is 2.94 bits per heavy atom. The first-order chi connectivity index (χ1) is 7.83. The second kappa shape index (κ2) is 4.89. The molecule has 0 unspecified atom stereocenters. The minimum absolute atomic E-state index is 0.677. The summed E-state index contributed by atoms with van der Waals surface area (Å²) in [5.74, 6) is 1.69. The zero-order valence-electron chi connectivity index (χ0n) is 9.49. The number of benzene rings is 1. The van der Waals surface area contributed by atoms with E-state index in [1.165, 1.54) is 19.3 Å². The van der Waals surface area contributed by atoms with Crippen molar-refractivity contribution in [3.05, 3.63) is 23.8 Å². The van der Waals surface area contributed by atoms with Crippen molar-refractivity contribution in [3.63, 3.8) is 0 Å². The number of ether oxygens (including phenoxy) is 1. The molecular formula is C13H16N2O. The number of nitrogens with one attached hydrogen (secondary N) is 1. The number of methoxy groups -OCH3 is 1. The lowest BCUT2D eigenvalue weighted by Gasteiger charge is -2.09. The van der Waals surface area contributed by atoms with Gasteiger partial charge in [0.25, 0.3) is 0 Å². The van der Waals surface area contributed by atoms with Crippen LogP contribution in [0.4, 0.5) is 5.69 Å². The Morgan fingerprint density at radius 2 is 2.31 bits per heavy atom. The van der Waals surface area contributed by atoms with Crippen LogP contribution in [-0.4, -0.2) is 13.7 Å². The predicted octanol–water partition coefficient (Wildman–Crippen LogP) is 2.78. The van der Waals surface area contributed by atoms with Gasteiger partial charge in [0, 0.05) is 12.6 Å². The predicted molar refractivity (Wildman–Crippen MR) is 63.5 cm³/mol. The number of rotatable bonds is 5. The third-order valence-electron chi connectivity index (χ3n) is 2.91. The smallest absolute Gasteiger partial charge is 0.121 e. The fraction of sp³-hybridized carbons (Fsp3) is 0.462. The monoisotopic (exact) mass is 216 g/mol. The van der Waals surface area contributed by atoms with Crippen LogP contribution in [0, 0.1) is 17.2 Å². The molecule has 2 rings (SSSR count). The molecule has 1 aliphatic carbocycles. The molecule has 1 aliphatic rings. The molecule has 1 aromatic rings. The molecule has 1 aromatic carbocycles. The highest BCUT2D eigenvalue weighted by molar-refractivity contribution is 5.60. The Hall–Kier alpha value is -1.69. The third-order valence-corrected chi connectivity index (χ3v) is 2.91. The van der Waals surface area contributed by atoms with E-state index in [0.29, 0.717) is 5.56 Å². The van der Waals surface area contributed by atoms with Crippen LogP contribution in [-0.2, 0) is 0 Å². The standard InChI is InChI=1S/C13H16N2O/c1-16-12-5-4-11(9-14)13(8-12)15-7-6-10-2-3-10/h4-5,8,10,15H,2-3,6-7H2,1H3. The Labute approximate surface area is 96.0 Å². The van der Waals surface area contributed by atoms with Gasteiger partial charge in [-0.25, -0.2) is 0 Å². The highest BCUT2D eigenvalue weighted by atomic mass is 16.5. The second-order valence-electron chi connectivity index (χ2n) is 4.18. The van der Waals surface area contributed by atoms with E-state index in [1.807, 2.05) is 12.1 Å². The number of nitrogens with zero attached hydrogens (tertiary/aromatic N) is 1. The molecule has 3 nitrogen and oxygen atoms in total. The van der Waals surface area contributed by atoms with Crippen LogP contribution in [0.5, 0.6) is 5.75 Å². The van der Waals surface area contributed by atoms with E-state index < -0.39 is 0 Å². The van der Waals surface area contributed by atoms with Gasteiger partial charge in [-0.05, 0) is 24.5 Å². The Balaban J connectivity index is 2.00. The average Bonchev–Trinajstić information content (AvgIpc) is 3.13. The molecule has 0 spiro atoms. The van der Waals surface area contributed by atoms with Crippen LogP contribution < -0.4 is 10.1 Å². The molecule has 0 heterocycles. The van der Waals surface area contributed by atoms with Crippen molar-refractivity contribution >= 4 is 5.69 Å². The highest BCUT2D eigenvalue weighted by Crippen LogP contribution is 2.32. The van der Waals surface area contributed by atoms with Crippen molar-refractivity contribution in [3.8, 4) is 11.8 Å². The van der Waals surface area contributed by atoms with Crippen LogP contribution in [0.1, 0.15) is 24.8 Å². The summed E-state index contributed by atoms with van der Waals surface area (Å²) in [4.78, 5) is 0. The van der Waals surface area contributed by atoms with Gasteiger partial charge in [0.1, 0.15) is 11.8 Å². The van der Waals surface area contributed by atoms with Gasteiger partial charge in [0.05, 0.1) is 18.4 Å². The molecule has 0 radical (unpaired) electrons. The third kappa shape index (κ3) is 2.66. The first kappa shape index (κ1) is 10.8. The first-order valence-corrected chi connectivity index (χ1v) is 5.65. The molecule has 0 atom stereocenters. The normalized spacial score (nSPS) is 14.2. The molecule has 1 fully saturated rings. The number of hydrogen-bond acceptors (Lipinski definition) is 3. The fourth-order valence-electron chi connectivity index (χ4n) is 1.71. The average molecular weight is 216 g/mol. The van der Waals surface area contributed by atoms with E-state index in [-0.39, 0.29) is 0 Å². The summed E-state index contributed by atoms with van der Waals surface area (Å²) >= 11 is 0. The Morgan fingerprint density at radius 1 is 1.50 bits per heavy atom. The van der Waals surface area contributed by atoms with Gasteiger partial charge in [-0.1, -0.05) is 12.8 Å². The summed E-state index contributed by atoms with van der Waals surface area (Å²) in [7, 11) is 1.63. The summed E-state index contributed by atoms with van der Waals surface area (Å²) < 4.78 is 5.14. The molecule has 84 valence electrons. The van der Waals surface area contributed by atoms with Crippen LogP contribution in [0.25, 0.3) is 0 Å². The van der Waals surface area contributed by atoms with E-state index in [2.05, 4.69) is 11.4 Å². The summed E-state index contributed by atoms with van der Waals surface area (Å²) in [6, 6.07) is 7.66. The molecule has 1 N–H and O–H groups in total. The van der Waals surface area contributed by atoms with E-state index >= 15 is 0 Å². The Kier molecular flexibility index (Phi) is 3.31. The Bertz CT molecular complexity index is 405. The number of hydrogen-bond donors (Lipinski definition) is 1. The van der Waals surface area contributed by atoms with Crippen molar-refractivity contribution in [2.75, 3.05) is 19.0 Å². The van der Waals surface area contributed by atoms with Crippen molar-refractivity contribution in [1.29, 1.82) is 5.26 Å². The largest absolute Gasteiger partial charge is 0.497 e. The molecule has 0 aromatic heterocycles. The van der Waals surface area contributed by atoms with Crippen molar-refractivity contribution < 1.29 is 4.74 Å². The minimum Gasteiger partial charge on any atom is -0.497 e. The van der Waals surface area contributed by atoms with E-state index in [0.717, 1.165) is 23.9 Å². The first-order valence-electron chi connectivity index (χ1n) is 5.65. The molecule has 3 heteroatoms. The maximum absolute atomic E-state index is 8.97. The van der Waals surface area contributed by atoms with Gasteiger partial charge < -0.3 is 10.1 Å². The van der Waals surface area contributed by atoms with Gasteiger partial charge in [-0.3, -0.25) is 0 Å². The fourth-order valence-corrected chi connectivity index (χ4v) is 1.71. The lowest BCUT2D eigenvalue weighted by Crippen LogP contribution is -2.04. The van der Waals surface area contributed by atoms with E-state index in [1.54, 1.807) is 13.2 Å². The second-order valence-corrected chi connectivity index (χ2v) is 4.18. The SMILES string of the molecule is COc1ccc(C#N)c(NCCC2CC2)c1. The van der Waals surface area contributed by atoms with E-state index in [9.17, 15) is 0 Å². The highest BCUT2D eigenvalue weighted by Gasteiger charge is 2.20. The molecule has 0 amide bonds. The molecule has 0 bridgehead atoms. The van der Waals surface area contributed by atoms with Crippen molar-refractivity contribution in [2.45, 2.75) is 19.3 Å². The lowest BCUT2D eigenvalue weighted by atomic mass is 10.1. The molecule has 1 saturated carbocycles. The molecule has 0 aliphatic heterocycles. The molecular weight excluding hydrogens is 200 g/mol.